The number of benzene rings is 1. The summed E-state index contributed by atoms with van der Waals surface area (Å²) in [5, 5.41) is 4.20. The number of unbranched alkanes of at least 4 members (excludes halogenated alkanes) is 1. The Hall–Kier alpha value is -1.77. The fraction of sp³-hybridized carbons (Fsp3) is 0.471. The maximum Gasteiger partial charge on any atom is 0.268 e. The smallest absolute Gasteiger partial charge is 0.268 e. The molecular formula is C17H24N2O. The molecule has 0 atom stereocenters. The Morgan fingerprint density at radius 2 is 2.00 bits per heavy atom. The summed E-state index contributed by atoms with van der Waals surface area (Å²) < 4.78 is 2.17. The van der Waals surface area contributed by atoms with Crippen LogP contribution in [0, 0.1) is 6.92 Å². The molecule has 1 aromatic carbocycles. The fourth-order valence-electron chi connectivity index (χ4n) is 2.65. The van der Waals surface area contributed by atoms with E-state index in [0.29, 0.717) is 0 Å². The SMILES string of the molecule is CCCCn1c(C(=O)NC(C)C)c(C)c2ccccc21. The van der Waals surface area contributed by atoms with Crippen molar-refractivity contribution in [2.24, 2.45) is 0 Å². The number of rotatable bonds is 5. The first-order valence-corrected chi connectivity index (χ1v) is 7.45. The van der Waals surface area contributed by atoms with E-state index >= 15 is 0 Å². The summed E-state index contributed by atoms with van der Waals surface area (Å²) >= 11 is 0. The van der Waals surface area contributed by atoms with Crippen molar-refractivity contribution >= 4 is 16.8 Å². The zero-order valence-electron chi connectivity index (χ0n) is 12.9. The highest BCUT2D eigenvalue weighted by atomic mass is 16.2. The van der Waals surface area contributed by atoms with Gasteiger partial charge in [0.05, 0.1) is 0 Å². The molecule has 0 bridgehead atoms. The first-order chi connectivity index (χ1) is 9.56. The van der Waals surface area contributed by atoms with E-state index < -0.39 is 0 Å². The molecule has 2 aromatic rings. The molecule has 3 nitrogen and oxygen atoms in total. The quantitative estimate of drug-likeness (QED) is 0.880. The van der Waals surface area contributed by atoms with Crippen molar-refractivity contribution in [2.45, 2.75) is 53.1 Å². The number of hydrogen-bond donors (Lipinski definition) is 1. The Morgan fingerprint density at radius 3 is 2.65 bits per heavy atom. The van der Waals surface area contributed by atoms with E-state index in [1.807, 2.05) is 32.9 Å². The van der Waals surface area contributed by atoms with Crippen molar-refractivity contribution in [2.75, 3.05) is 0 Å². The van der Waals surface area contributed by atoms with E-state index in [1.54, 1.807) is 0 Å². The molecule has 3 heteroatoms. The van der Waals surface area contributed by atoms with Gasteiger partial charge in [0.2, 0.25) is 0 Å². The maximum absolute atomic E-state index is 12.5. The lowest BCUT2D eigenvalue weighted by molar-refractivity contribution is 0.0933. The predicted octanol–water partition coefficient (Wildman–Crippen LogP) is 3.89. The van der Waals surface area contributed by atoms with Gasteiger partial charge < -0.3 is 9.88 Å². The number of nitrogens with zero attached hydrogens (tertiary/aromatic N) is 1. The number of aryl methyl sites for hydroxylation is 2. The molecule has 2 rings (SSSR count). The molecule has 0 spiro atoms. The molecule has 0 aliphatic rings. The standard InChI is InChI=1S/C17H24N2O/c1-5-6-11-19-15-10-8-7-9-14(15)13(4)16(19)17(20)18-12(2)3/h7-10,12H,5-6,11H2,1-4H3,(H,18,20). The van der Waals surface area contributed by atoms with Crippen LogP contribution < -0.4 is 5.32 Å². The minimum absolute atomic E-state index is 0.0322. The van der Waals surface area contributed by atoms with E-state index in [2.05, 4.69) is 28.9 Å². The second-order valence-electron chi connectivity index (χ2n) is 5.62. The van der Waals surface area contributed by atoms with Gasteiger partial charge >= 0.3 is 0 Å². The molecule has 0 fully saturated rings. The van der Waals surface area contributed by atoms with Gasteiger partial charge in [-0.1, -0.05) is 31.5 Å². The van der Waals surface area contributed by atoms with E-state index in [1.165, 1.54) is 5.39 Å². The third-order valence-corrected chi connectivity index (χ3v) is 3.59. The van der Waals surface area contributed by atoms with Crippen molar-refractivity contribution in [3.8, 4) is 0 Å². The number of para-hydroxylation sites is 1. The van der Waals surface area contributed by atoms with Gasteiger partial charge in [0.25, 0.3) is 5.91 Å². The number of fused-ring (bicyclic) bond motifs is 1. The fourth-order valence-corrected chi connectivity index (χ4v) is 2.65. The maximum atomic E-state index is 12.5. The van der Waals surface area contributed by atoms with E-state index in [0.717, 1.165) is 36.2 Å². The average molecular weight is 272 g/mol. The van der Waals surface area contributed by atoms with Gasteiger partial charge in [-0.2, -0.15) is 0 Å². The molecule has 20 heavy (non-hydrogen) atoms. The number of hydrogen-bond acceptors (Lipinski definition) is 1. The van der Waals surface area contributed by atoms with Crippen molar-refractivity contribution in [1.29, 1.82) is 0 Å². The molecule has 0 aliphatic heterocycles. The summed E-state index contributed by atoms with van der Waals surface area (Å²) in [6.07, 6.45) is 2.21. The van der Waals surface area contributed by atoms with Crippen LogP contribution in [0.3, 0.4) is 0 Å². The highest BCUT2D eigenvalue weighted by molar-refractivity contribution is 6.01. The van der Waals surface area contributed by atoms with Gasteiger partial charge in [0.15, 0.2) is 0 Å². The van der Waals surface area contributed by atoms with Crippen LogP contribution in [0.5, 0.6) is 0 Å². The number of carbonyl (C=O) groups excluding carboxylic acids is 1. The molecule has 1 amide bonds. The number of carbonyl (C=O) groups is 1. The third-order valence-electron chi connectivity index (χ3n) is 3.59. The first-order valence-electron chi connectivity index (χ1n) is 7.45. The normalized spacial score (nSPS) is 11.2. The van der Waals surface area contributed by atoms with E-state index in [4.69, 9.17) is 0 Å². The van der Waals surface area contributed by atoms with Crippen LogP contribution in [0.2, 0.25) is 0 Å². The predicted molar refractivity (Wildman–Crippen MR) is 84.2 cm³/mol. The molecule has 1 aromatic heterocycles. The number of aromatic nitrogens is 1. The second-order valence-corrected chi connectivity index (χ2v) is 5.62. The third kappa shape index (κ3) is 2.72. The van der Waals surface area contributed by atoms with Crippen LogP contribution in [-0.2, 0) is 6.54 Å². The minimum Gasteiger partial charge on any atom is -0.349 e. The van der Waals surface area contributed by atoms with Crippen LogP contribution in [0.15, 0.2) is 24.3 Å². The van der Waals surface area contributed by atoms with Crippen LogP contribution >= 0.6 is 0 Å². The number of nitrogens with one attached hydrogen (secondary N) is 1. The Balaban J connectivity index is 2.55. The lowest BCUT2D eigenvalue weighted by atomic mass is 10.1. The van der Waals surface area contributed by atoms with Gasteiger partial charge in [-0.15, -0.1) is 0 Å². The lowest BCUT2D eigenvalue weighted by Crippen LogP contribution is -2.32. The molecule has 0 radical (unpaired) electrons. The van der Waals surface area contributed by atoms with Crippen LogP contribution in [0.1, 0.15) is 49.7 Å². The lowest BCUT2D eigenvalue weighted by Gasteiger charge is -2.13. The zero-order chi connectivity index (χ0) is 14.7. The Morgan fingerprint density at radius 1 is 1.30 bits per heavy atom. The van der Waals surface area contributed by atoms with Crippen molar-refractivity contribution in [3.63, 3.8) is 0 Å². The molecule has 0 saturated heterocycles. The summed E-state index contributed by atoms with van der Waals surface area (Å²) in [5.74, 6) is 0.0322. The molecule has 1 N–H and O–H groups in total. The highest BCUT2D eigenvalue weighted by Crippen LogP contribution is 2.26. The van der Waals surface area contributed by atoms with Crippen LogP contribution in [0.25, 0.3) is 10.9 Å². The van der Waals surface area contributed by atoms with Crippen molar-refractivity contribution in [1.82, 2.24) is 9.88 Å². The Labute approximate surface area is 121 Å². The van der Waals surface area contributed by atoms with Crippen molar-refractivity contribution < 1.29 is 4.79 Å². The summed E-state index contributed by atoms with van der Waals surface area (Å²) in [4.78, 5) is 12.5. The molecule has 0 saturated carbocycles. The van der Waals surface area contributed by atoms with Gasteiger partial charge in [0.1, 0.15) is 5.69 Å². The Kier molecular flexibility index (Phi) is 4.48. The summed E-state index contributed by atoms with van der Waals surface area (Å²) in [5.41, 5.74) is 3.05. The molecule has 0 unspecified atom stereocenters. The molecular weight excluding hydrogens is 248 g/mol. The minimum atomic E-state index is 0.0322. The Bertz CT molecular complexity index is 611. The van der Waals surface area contributed by atoms with Gasteiger partial charge in [-0.05, 0) is 38.8 Å². The molecule has 0 aliphatic carbocycles. The van der Waals surface area contributed by atoms with Crippen LogP contribution in [-0.4, -0.2) is 16.5 Å². The van der Waals surface area contributed by atoms with Gasteiger partial charge in [0, 0.05) is 23.5 Å². The summed E-state index contributed by atoms with van der Waals surface area (Å²) in [7, 11) is 0. The van der Waals surface area contributed by atoms with Crippen molar-refractivity contribution in [3.05, 3.63) is 35.5 Å². The molecule has 108 valence electrons. The summed E-state index contributed by atoms with van der Waals surface area (Å²) in [6.45, 7) is 9.09. The number of amides is 1. The largest absolute Gasteiger partial charge is 0.349 e. The molecule has 1 heterocycles. The highest BCUT2D eigenvalue weighted by Gasteiger charge is 2.19. The average Bonchev–Trinajstić information content (AvgIpc) is 2.69. The van der Waals surface area contributed by atoms with E-state index in [9.17, 15) is 4.79 Å². The second kappa shape index (κ2) is 6.12. The van der Waals surface area contributed by atoms with Crippen LogP contribution in [0.4, 0.5) is 0 Å². The van der Waals surface area contributed by atoms with Gasteiger partial charge in [-0.3, -0.25) is 4.79 Å². The topological polar surface area (TPSA) is 34.0 Å². The van der Waals surface area contributed by atoms with Gasteiger partial charge in [-0.25, -0.2) is 0 Å². The first kappa shape index (κ1) is 14.6. The zero-order valence-corrected chi connectivity index (χ0v) is 12.9. The summed E-state index contributed by atoms with van der Waals surface area (Å²) in [6, 6.07) is 8.42. The van der Waals surface area contributed by atoms with E-state index in [-0.39, 0.29) is 11.9 Å². The monoisotopic (exact) mass is 272 g/mol.